The molecule has 0 spiro atoms. The fourth-order valence-electron chi connectivity index (χ4n) is 4.17. The number of fused-ring (bicyclic) bond motifs is 1. The van der Waals surface area contributed by atoms with Crippen LogP contribution in [-0.4, -0.2) is 30.7 Å². The predicted octanol–water partition coefficient (Wildman–Crippen LogP) is 4.12. The number of amides is 1. The van der Waals surface area contributed by atoms with E-state index in [9.17, 15) is 4.79 Å². The molecule has 0 radical (unpaired) electrons. The molecule has 2 heterocycles. The summed E-state index contributed by atoms with van der Waals surface area (Å²) < 4.78 is 1.83. The van der Waals surface area contributed by atoms with Gasteiger partial charge in [-0.2, -0.15) is 15.0 Å². The average Bonchev–Trinajstić information content (AvgIpc) is 3.44. The first kappa shape index (κ1) is 19.2. The molecule has 1 amide bonds. The Bertz CT molecular complexity index is 1290. The van der Waals surface area contributed by atoms with E-state index in [1.54, 1.807) is 6.92 Å². The van der Waals surface area contributed by atoms with Gasteiger partial charge in [-0.05, 0) is 63.8 Å². The lowest BCUT2D eigenvalue weighted by Crippen LogP contribution is -2.18. The van der Waals surface area contributed by atoms with Crippen LogP contribution >= 0.6 is 0 Å². The molecular formula is C24H24N6O. The fourth-order valence-corrected chi connectivity index (χ4v) is 4.17. The third kappa shape index (κ3) is 3.42. The number of para-hydroxylation sites is 1. The highest BCUT2D eigenvalue weighted by Gasteiger charge is 2.26. The summed E-state index contributed by atoms with van der Waals surface area (Å²) in [5, 5.41) is 16.9. The molecule has 1 aliphatic carbocycles. The Balaban J connectivity index is 1.50. The van der Waals surface area contributed by atoms with Gasteiger partial charge in [0.25, 0.3) is 5.91 Å². The second-order valence-corrected chi connectivity index (χ2v) is 8.04. The molecule has 0 saturated carbocycles. The first-order chi connectivity index (χ1) is 15.0. The van der Waals surface area contributed by atoms with Crippen LogP contribution in [0.1, 0.15) is 45.0 Å². The molecule has 1 aliphatic rings. The number of aryl methyl sites for hydroxylation is 4. The molecule has 5 rings (SSSR count). The summed E-state index contributed by atoms with van der Waals surface area (Å²) in [5.41, 5.74) is 7.07. The third-order valence-electron chi connectivity index (χ3n) is 5.70. The summed E-state index contributed by atoms with van der Waals surface area (Å²) in [6.07, 6.45) is 2.89. The Kier molecular flexibility index (Phi) is 4.66. The minimum Gasteiger partial charge on any atom is -0.305 e. The van der Waals surface area contributed by atoms with Crippen LogP contribution in [0.4, 0.5) is 5.82 Å². The van der Waals surface area contributed by atoms with E-state index < -0.39 is 0 Å². The van der Waals surface area contributed by atoms with Crippen molar-refractivity contribution in [2.75, 3.05) is 5.32 Å². The van der Waals surface area contributed by atoms with Crippen molar-refractivity contribution in [3.05, 3.63) is 82.3 Å². The van der Waals surface area contributed by atoms with E-state index in [4.69, 9.17) is 5.10 Å². The van der Waals surface area contributed by atoms with Crippen LogP contribution in [0.5, 0.6) is 0 Å². The molecule has 0 bridgehead atoms. The maximum atomic E-state index is 13.2. The molecule has 7 nitrogen and oxygen atoms in total. The lowest BCUT2D eigenvalue weighted by atomic mass is 10.1. The molecule has 0 aliphatic heterocycles. The molecular weight excluding hydrogens is 388 g/mol. The summed E-state index contributed by atoms with van der Waals surface area (Å²) >= 11 is 0. The Morgan fingerprint density at radius 2 is 1.77 bits per heavy atom. The van der Waals surface area contributed by atoms with Crippen molar-refractivity contribution in [3.63, 3.8) is 0 Å². The highest BCUT2D eigenvalue weighted by molar-refractivity contribution is 6.03. The molecule has 0 fully saturated rings. The van der Waals surface area contributed by atoms with Gasteiger partial charge >= 0.3 is 0 Å². The predicted molar refractivity (Wildman–Crippen MR) is 119 cm³/mol. The van der Waals surface area contributed by atoms with E-state index in [0.29, 0.717) is 11.4 Å². The van der Waals surface area contributed by atoms with Crippen LogP contribution in [0.25, 0.3) is 11.4 Å². The van der Waals surface area contributed by atoms with Gasteiger partial charge in [0.2, 0.25) is 0 Å². The van der Waals surface area contributed by atoms with Gasteiger partial charge in [-0.3, -0.25) is 4.79 Å². The SMILES string of the molecule is Cc1ccc(-n2nc(C)c(C(=O)Nc3c4c(nn3-c3ccccc3)CCC4)n2)c(C)c1. The Hall–Kier alpha value is -3.74. The maximum absolute atomic E-state index is 13.2. The summed E-state index contributed by atoms with van der Waals surface area (Å²) in [5.74, 6) is 0.449. The molecule has 0 atom stereocenters. The van der Waals surface area contributed by atoms with Gasteiger partial charge in [0.15, 0.2) is 5.69 Å². The quantitative estimate of drug-likeness (QED) is 0.547. The van der Waals surface area contributed by atoms with Crippen molar-refractivity contribution in [1.29, 1.82) is 0 Å². The molecule has 1 N–H and O–H groups in total. The van der Waals surface area contributed by atoms with Crippen LogP contribution in [0.15, 0.2) is 48.5 Å². The van der Waals surface area contributed by atoms with Gasteiger partial charge in [-0.15, -0.1) is 5.10 Å². The van der Waals surface area contributed by atoms with Crippen molar-refractivity contribution in [3.8, 4) is 11.4 Å². The number of carbonyl (C=O) groups is 1. The smallest absolute Gasteiger partial charge is 0.279 e. The summed E-state index contributed by atoms with van der Waals surface area (Å²) in [6.45, 7) is 5.87. The second-order valence-electron chi connectivity index (χ2n) is 8.04. The molecule has 31 heavy (non-hydrogen) atoms. The Labute approximate surface area is 180 Å². The van der Waals surface area contributed by atoms with E-state index in [1.807, 2.05) is 61.0 Å². The van der Waals surface area contributed by atoms with Gasteiger partial charge < -0.3 is 5.32 Å². The normalized spacial score (nSPS) is 12.7. The highest BCUT2D eigenvalue weighted by Crippen LogP contribution is 2.31. The molecule has 2 aromatic heterocycles. The Morgan fingerprint density at radius 1 is 0.968 bits per heavy atom. The van der Waals surface area contributed by atoms with Gasteiger partial charge in [0.05, 0.1) is 22.8 Å². The highest BCUT2D eigenvalue weighted by atomic mass is 16.2. The largest absolute Gasteiger partial charge is 0.305 e. The van der Waals surface area contributed by atoms with Crippen LogP contribution in [-0.2, 0) is 12.8 Å². The van der Waals surface area contributed by atoms with Crippen LogP contribution in [0.3, 0.4) is 0 Å². The lowest BCUT2D eigenvalue weighted by Gasteiger charge is -2.10. The fraction of sp³-hybridized carbons (Fsp3) is 0.250. The first-order valence-electron chi connectivity index (χ1n) is 10.5. The number of aromatic nitrogens is 5. The standard InChI is InChI=1S/C24H24N6O/c1-15-12-13-21(16(2)14-15)30-26-17(3)22(28-30)24(31)25-23-19-10-7-11-20(19)27-29(23)18-8-5-4-6-9-18/h4-6,8-9,12-14H,7,10-11H2,1-3H3,(H,25,31). The minimum atomic E-state index is -0.278. The molecule has 156 valence electrons. The van der Waals surface area contributed by atoms with Gasteiger partial charge in [0.1, 0.15) is 5.82 Å². The number of carbonyl (C=O) groups excluding carboxylic acids is 1. The van der Waals surface area contributed by atoms with Crippen molar-refractivity contribution < 1.29 is 4.79 Å². The molecule has 4 aromatic rings. The van der Waals surface area contributed by atoms with Gasteiger partial charge in [-0.25, -0.2) is 4.68 Å². The second kappa shape index (κ2) is 7.50. The van der Waals surface area contributed by atoms with Gasteiger partial charge in [0, 0.05) is 5.56 Å². The zero-order chi connectivity index (χ0) is 21.5. The molecule has 0 saturated heterocycles. The zero-order valence-corrected chi connectivity index (χ0v) is 17.9. The van der Waals surface area contributed by atoms with E-state index >= 15 is 0 Å². The zero-order valence-electron chi connectivity index (χ0n) is 17.9. The number of nitrogens with zero attached hydrogens (tertiary/aromatic N) is 5. The number of nitrogens with one attached hydrogen (secondary N) is 1. The van der Waals surface area contributed by atoms with Crippen molar-refractivity contribution in [2.45, 2.75) is 40.0 Å². The number of anilines is 1. The maximum Gasteiger partial charge on any atom is 0.279 e. The first-order valence-corrected chi connectivity index (χ1v) is 10.5. The van der Waals surface area contributed by atoms with E-state index in [2.05, 4.69) is 21.6 Å². The number of hydrogen-bond donors (Lipinski definition) is 1. The van der Waals surface area contributed by atoms with Crippen LogP contribution < -0.4 is 5.32 Å². The van der Waals surface area contributed by atoms with E-state index in [0.717, 1.165) is 53.3 Å². The molecule has 2 aromatic carbocycles. The van der Waals surface area contributed by atoms with Crippen LogP contribution in [0.2, 0.25) is 0 Å². The lowest BCUT2D eigenvalue weighted by molar-refractivity contribution is 0.102. The monoisotopic (exact) mass is 412 g/mol. The van der Waals surface area contributed by atoms with Crippen molar-refractivity contribution >= 4 is 11.7 Å². The average molecular weight is 412 g/mol. The number of benzene rings is 2. The van der Waals surface area contributed by atoms with E-state index in [-0.39, 0.29) is 5.91 Å². The van der Waals surface area contributed by atoms with Crippen LogP contribution in [0, 0.1) is 20.8 Å². The van der Waals surface area contributed by atoms with Gasteiger partial charge in [-0.1, -0.05) is 35.9 Å². The summed E-state index contributed by atoms with van der Waals surface area (Å²) in [4.78, 5) is 14.8. The van der Waals surface area contributed by atoms with Crippen molar-refractivity contribution in [2.24, 2.45) is 0 Å². The number of hydrogen-bond acceptors (Lipinski definition) is 4. The third-order valence-corrected chi connectivity index (χ3v) is 5.70. The Morgan fingerprint density at radius 3 is 2.55 bits per heavy atom. The summed E-state index contributed by atoms with van der Waals surface area (Å²) in [6, 6.07) is 15.9. The van der Waals surface area contributed by atoms with Crippen molar-refractivity contribution in [1.82, 2.24) is 24.8 Å². The molecule has 7 heteroatoms. The topological polar surface area (TPSA) is 77.6 Å². The summed E-state index contributed by atoms with van der Waals surface area (Å²) in [7, 11) is 0. The minimum absolute atomic E-state index is 0.278. The molecule has 0 unspecified atom stereocenters. The number of rotatable bonds is 4. The van der Waals surface area contributed by atoms with E-state index in [1.165, 1.54) is 10.4 Å².